The lowest BCUT2D eigenvalue weighted by Crippen LogP contribution is -2.15. The first-order valence-electron chi connectivity index (χ1n) is 11.2. The number of hydrogen-bond acceptors (Lipinski definition) is 4. The van der Waals surface area contributed by atoms with E-state index < -0.39 is 12.2 Å². The van der Waals surface area contributed by atoms with Gasteiger partial charge in [0.1, 0.15) is 5.78 Å². The number of aliphatic hydroxyl groups is 3. The first-order chi connectivity index (χ1) is 14.0. The van der Waals surface area contributed by atoms with Crippen LogP contribution in [0.1, 0.15) is 84.1 Å². The molecule has 29 heavy (non-hydrogen) atoms. The highest BCUT2D eigenvalue weighted by molar-refractivity contribution is 5.81. The van der Waals surface area contributed by atoms with Crippen molar-refractivity contribution < 1.29 is 20.1 Å². The Morgan fingerprint density at radius 1 is 1.07 bits per heavy atom. The van der Waals surface area contributed by atoms with Crippen LogP contribution in [0.15, 0.2) is 42.5 Å². The highest BCUT2D eigenvalue weighted by Gasteiger charge is 2.29. The van der Waals surface area contributed by atoms with Crippen LogP contribution in [0.3, 0.4) is 0 Å². The number of rotatable bonds is 9. The average molecular weight is 407 g/mol. The van der Waals surface area contributed by atoms with Gasteiger partial charge in [-0.1, -0.05) is 95.9 Å². The molecule has 3 unspecified atom stereocenters. The van der Waals surface area contributed by atoms with Gasteiger partial charge in [-0.15, -0.1) is 0 Å². The summed E-state index contributed by atoms with van der Waals surface area (Å²) in [7, 11) is 0. The van der Waals surface area contributed by atoms with Crippen molar-refractivity contribution in [2.45, 2.75) is 90.8 Å². The Hall–Kier alpha value is -1.49. The van der Waals surface area contributed by atoms with Crippen molar-refractivity contribution in [3.8, 4) is 0 Å². The fourth-order valence-electron chi connectivity index (χ4n) is 3.16. The average Bonchev–Trinajstić information content (AvgIpc) is 3.08. The van der Waals surface area contributed by atoms with E-state index in [1.807, 2.05) is 51.1 Å². The molecule has 1 aliphatic rings. The Morgan fingerprint density at radius 2 is 1.69 bits per heavy atom. The number of unbranched alkanes of at least 4 members (excludes halogenated alkanes) is 4. The third-order valence-electron chi connectivity index (χ3n) is 5.05. The summed E-state index contributed by atoms with van der Waals surface area (Å²) in [6, 6.07) is 9.80. The lowest BCUT2D eigenvalue weighted by molar-refractivity contribution is -0.117. The van der Waals surface area contributed by atoms with E-state index in [4.69, 9.17) is 5.11 Å². The Labute approximate surface area is 177 Å². The normalized spacial score (nSPS) is 20.4. The van der Waals surface area contributed by atoms with E-state index in [2.05, 4.69) is 6.92 Å². The van der Waals surface area contributed by atoms with Crippen molar-refractivity contribution in [2.75, 3.05) is 6.61 Å². The first-order valence-corrected chi connectivity index (χ1v) is 11.2. The van der Waals surface area contributed by atoms with Crippen LogP contribution in [0, 0.1) is 5.92 Å². The number of carbonyl (C=O) groups is 1. The van der Waals surface area contributed by atoms with Gasteiger partial charge < -0.3 is 15.3 Å². The fourth-order valence-corrected chi connectivity index (χ4v) is 3.16. The van der Waals surface area contributed by atoms with Crippen molar-refractivity contribution in [2.24, 2.45) is 5.92 Å². The summed E-state index contributed by atoms with van der Waals surface area (Å²) < 4.78 is 0. The molecule has 1 aliphatic carbocycles. The maximum atomic E-state index is 11.2. The van der Waals surface area contributed by atoms with Gasteiger partial charge in [0.2, 0.25) is 0 Å². The van der Waals surface area contributed by atoms with E-state index >= 15 is 0 Å². The first kappa shape index (κ1) is 27.5. The van der Waals surface area contributed by atoms with Gasteiger partial charge in [0, 0.05) is 31.3 Å². The zero-order valence-electron chi connectivity index (χ0n) is 18.8. The van der Waals surface area contributed by atoms with Crippen molar-refractivity contribution in [3.05, 3.63) is 48.0 Å². The Kier molecular flexibility index (Phi) is 16.5. The number of Topliss-reactive ketones (excluding diaryl/α,β-unsaturated/α-hetero) is 1. The molecule has 4 atom stereocenters. The number of aliphatic hydroxyl groups excluding tert-OH is 3. The molecule has 0 aromatic heterocycles. The van der Waals surface area contributed by atoms with Crippen LogP contribution in [0.25, 0.3) is 0 Å². The van der Waals surface area contributed by atoms with E-state index in [1.165, 1.54) is 25.7 Å². The van der Waals surface area contributed by atoms with Gasteiger partial charge in [0.05, 0.1) is 12.2 Å². The predicted octanol–water partition coefficient (Wildman–Crippen LogP) is 5.02. The van der Waals surface area contributed by atoms with Crippen LogP contribution in [0.5, 0.6) is 0 Å². The molecular formula is C25H42O4. The molecule has 0 spiro atoms. The molecule has 2 rings (SSSR count). The Bertz CT molecular complexity index is 535. The number of ketones is 1. The molecule has 1 fully saturated rings. The molecule has 4 nitrogen and oxygen atoms in total. The van der Waals surface area contributed by atoms with Crippen LogP contribution in [-0.4, -0.2) is 39.9 Å². The summed E-state index contributed by atoms with van der Waals surface area (Å²) in [6.07, 6.45) is 8.97. The molecule has 0 bridgehead atoms. The van der Waals surface area contributed by atoms with Gasteiger partial charge in [0.15, 0.2) is 0 Å². The molecule has 0 radical (unpaired) electrons. The van der Waals surface area contributed by atoms with Gasteiger partial charge in [-0.2, -0.15) is 0 Å². The van der Waals surface area contributed by atoms with Crippen molar-refractivity contribution in [1.29, 1.82) is 0 Å². The molecule has 1 aromatic rings. The molecule has 0 heterocycles. The molecule has 166 valence electrons. The summed E-state index contributed by atoms with van der Waals surface area (Å²) in [5.74, 6) is -0.0652. The molecule has 4 heteroatoms. The number of benzene rings is 1. The highest BCUT2D eigenvalue weighted by atomic mass is 16.3. The second kappa shape index (κ2) is 17.4. The summed E-state index contributed by atoms with van der Waals surface area (Å²) in [4.78, 5) is 11.2. The van der Waals surface area contributed by atoms with E-state index in [1.54, 1.807) is 12.2 Å². The summed E-state index contributed by atoms with van der Waals surface area (Å²) in [5.41, 5.74) is 1.07. The van der Waals surface area contributed by atoms with Crippen molar-refractivity contribution >= 4 is 5.78 Å². The lowest BCUT2D eigenvalue weighted by atomic mass is 9.94. The molecule has 1 aromatic carbocycles. The Balaban J connectivity index is 0.000000664. The number of hydrogen-bond donors (Lipinski definition) is 3. The molecule has 0 saturated heterocycles. The molecule has 0 amide bonds. The third kappa shape index (κ3) is 11.9. The van der Waals surface area contributed by atoms with Crippen LogP contribution in [0.4, 0.5) is 0 Å². The largest absolute Gasteiger partial charge is 0.396 e. The minimum atomic E-state index is -0.606. The third-order valence-corrected chi connectivity index (χ3v) is 5.05. The second-order valence-electron chi connectivity index (χ2n) is 7.39. The van der Waals surface area contributed by atoms with Crippen LogP contribution in [-0.2, 0) is 4.79 Å². The maximum Gasteiger partial charge on any atom is 0.136 e. The Morgan fingerprint density at radius 3 is 2.21 bits per heavy atom. The van der Waals surface area contributed by atoms with Gasteiger partial charge in [-0.25, -0.2) is 0 Å². The lowest BCUT2D eigenvalue weighted by Gasteiger charge is -2.17. The number of carbonyl (C=O) groups excluding carboxylic acids is 1. The smallest absolute Gasteiger partial charge is 0.136 e. The monoisotopic (exact) mass is 406 g/mol. The topological polar surface area (TPSA) is 77.8 Å². The highest BCUT2D eigenvalue weighted by Crippen LogP contribution is 2.25. The molecule has 3 N–H and O–H groups in total. The molecule has 0 aliphatic heterocycles. The molecular weight excluding hydrogens is 364 g/mol. The SMILES string of the molecule is CC.CC(c1ccccc1)C(O)/C=C/[C@@H]1CC(=O)CC1O.CCCCCCCO. The van der Waals surface area contributed by atoms with Gasteiger partial charge in [0.25, 0.3) is 0 Å². The summed E-state index contributed by atoms with van der Waals surface area (Å²) in [5, 5.41) is 28.2. The minimum absolute atomic E-state index is 0.00769. The quantitative estimate of drug-likeness (QED) is 0.397. The standard InChI is InChI=1S/C16H20O3.C7H16O.C2H6/c1-11(12-5-3-2-4-6-12)15(18)8-7-13-9-14(17)10-16(13)19;1-2-3-4-5-6-7-8;1-2/h2-8,11,13,15-16,18-19H,9-10H2,1H3;8H,2-7H2,1H3;1-2H3/b8-7+;;/t11?,13-,15?,16?;;/m1../s1. The molecule has 1 saturated carbocycles. The maximum absolute atomic E-state index is 11.2. The van der Waals surface area contributed by atoms with Crippen LogP contribution < -0.4 is 0 Å². The van der Waals surface area contributed by atoms with Crippen molar-refractivity contribution in [1.82, 2.24) is 0 Å². The van der Waals surface area contributed by atoms with Crippen molar-refractivity contribution in [3.63, 3.8) is 0 Å². The predicted molar refractivity (Wildman–Crippen MR) is 121 cm³/mol. The minimum Gasteiger partial charge on any atom is -0.396 e. The van der Waals surface area contributed by atoms with Gasteiger partial charge >= 0.3 is 0 Å². The van der Waals surface area contributed by atoms with Crippen LogP contribution >= 0.6 is 0 Å². The van der Waals surface area contributed by atoms with Gasteiger partial charge in [-0.3, -0.25) is 4.79 Å². The van der Waals surface area contributed by atoms with E-state index in [-0.39, 0.29) is 24.0 Å². The van der Waals surface area contributed by atoms with Crippen LogP contribution in [0.2, 0.25) is 0 Å². The fraction of sp³-hybridized carbons (Fsp3) is 0.640. The van der Waals surface area contributed by atoms with Gasteiger partial charge in [-0.05, 0) is 12.0 Å². The zero-order chi connectivity index (χ0) is 22.1. The van der Waals surface area contributed by atoms with E-state index in [0.29, 0.717) is 13.0 Å². The second-order valence-corrected chi connectivity index (χ2v) is 7.39. The zero-order valence-corrected chi connectivity index (χ0v) is 18.8. The summed E-state index contributed by atoms with van der Waals surface area (Å²) >= 11 is 0. The van der Waals surface area contributed by atoms with E-state index in [9.17, 15) is 15.0 Å². The summed E-state index contributed by atoms with van der Waals surface area (Å²) in [6.45, 7) is 8.52. The van der Waals surface area contributed by atoms with E-state index in [0.717, 1.165) is 12.0 Å².